The Bertz CT molecular complexity index is 1160. The molecule has 0 radical (unpaired) electrons. The molecule has 170 valence electrons. The standard InChI is InChI=1S/C24H25N5O4/c1-16(17-4-8-19(9-5-17)28-13-12-25-15-28)26-21(30)14-29-22(31)24(2,27-23(29)32)18-6-10-20(33-3)11-7-18/h4-13,15-16H,14H2,1-3H3,(H,26,30)(H,27,32)/t16-,24+/m0/s1. The summed E-state index contributed by atoms with van der Waals surface area (Å²) in [7, 11) is 1.55. The van der Waals surface area contributed by atoms with Gasteiger partial charge in [-0.1, -0.05) is 24.3 Å². The molecule has 0 aliphatic carbocycles. The minimum Gasteiger partial charge on any atom is -0.497 e. The SMILES string of the molecule is COc1ccc([C@@]2(C)NC(=O)N(CC(=O)N[C@@H](C)c3ccc(-n4ccnc4)cc3)C2=O)cc1. The van der Waals surface area contributed by atoms with Gasteiger partial charge in [-0.25, -0.2) is 9.78 Å². The molecule has 0 bridgehead atoms. The van der Waals surface area contributed by atoms with Crippen molar-refractivity contribution in [2.45, 2.75) is 25.4 Å². The van der Waals surface area contributed by atoms with Crippen LogP contribution in [-0.4, -0.2) is 46.0 Å². The van der Waals surface area contributed by atoms with Crippen LogP contribution in [0.4, 0.5) is 4.79 Å². The molecule has 2 N–H and O–H groups in total. The molecular formula is C24H25N5O4. The summed E-state index contributed by atoms with van der Waals surface area (Å²) < 4.78 is 7.02. The van der Waals surface area contributed by atoms with Gasteiger partial charge in [0.15, 0.2) is 0 Å². The second-order valence-electron chi connectivity index (χ2n) is 8.03. The molecule has 33 heavy (non-hydrogen) atoms. The molecule has 2 aromatic carbocycles. The van der Waals surface area contributed by atoms with Crippen molar-refractivity contribution in [3.8, 4) is 11.4 Å². The van der Waals surface area contributed by atoms with E-state index in [-0.39, 0.29) is 12.6 Å². The first-order valence-electron chi connectivity index (χ1n) is 10.5. The molecule has 1 fully saturated rings. The van der Waals surface area contributed by atoms with Crippen molar-refractivity contribution < 1.29 is 19.1 Å². The molecule has 4 amide bonds. The van der Waals surface area contributed by atoms with Crippen LogP contribution in [0.1, 0.15) is 31.0 Å². The van der Waals surface area contributed by atoms with Gasteiger partial charge >= 0.3 is 6.03 Å². The Morgan fingerprint density at radius 1 is 1.15 bits per heavy atom. The summed E-state index contributed by atoms with van der Waals surface area (Å²) in [6, 6.07) is 13.6. The lowest BCUT2D eigenvalue weighted by Crippen LogP contribution is -2.43. The number of ether oxygens (including phenoxy) is 1. The zero-order valence-corrected chi connectivity index (χ0v) is 18.6. The van der Waals surface area contributed by atoms with Crippen LogP contribution in [0.3, 0.4) is 0 Å². The third kappa shape index (κ3) is 4.30. The van der Waals surface area contributed by atoms with E-state index < -0.39 is 23.4 Å². The molecule has 2 heterocycles. The largest absolute Gasteiger partial charge is 0.497 e. The maximum absolute atomic E-state index is 13.1. The zero-order chi connectivity index (χ0) is 23.6. The van der Waals surface area contributed by atoms with Crippen molar-refractivity contribution in [1.29, 1.82) is 0 Å². The highest BCUT2D eigenvalue weighted by molar-refractivity contribution is 6.09. The lowest BCUT2D eigenvalue weighted by Gasteiger charge is -2.22. The summed E-state index contributed by atoms with van der Waals surface area (Å²) in [6.07, 6.45) is 5.25. The highest BCUT2D eigenvalue weighted by Gasteiger charge is 2.49. The molecule has 0 spiro atoms. The van der Waals surface area contributed by atoms with Crippen molar-refractivity contribution in [1.82, 2.24) is 25.1 Å². The predicted octanol–water partition coefficient (Wildman–Crippen LogP) is 2.53. The highest BCUT2D eigenvalue weighted by atomic mass is 16.5. The van der Waals surface area contributed by atoms with Gasteiger partial charge in [-0.05, 0) is 49.2 Å². The van der Waals surface area contributed by atoms with Crippen LogP contribution in [0.25, 0.3) is 5.69 Å². The average Bonchev–Trinajstić information content (AvgIpc) is 3.43. The van der Waals surface area contributed by atoms with Gasteiger partial charge in [0.1, 0.15) is 17.8 Å². The number of nitrogens with one attached hydrogen (secondary N) is 2. The quantitative estimate of drug-likeness (QED) is 0.542. The van der Waals surface area contributed by atoms with E-state index in [1.807, 2.05) is 42.0 Å². The van der Waals surface area contributed by atoms with E-state index in [0.717, 1.165) is 16.2 Å². The van der Waals surface area contributed by atoms with Gasteiger partial charge in [-0.15, -0.1) is 0 Å². The number of imidazole rings is 1. The minimum absolute atomic E-state index is 0.303. The number of rotatable bonds is 7. The number of nitrogens with zero attached hydrogens (tertiary/aromatic N) is 3. The molecule has 1 aliphatic rings. The van der Waals surface area contributed by atoms with Crippen molar-refractivity contribution in [3.05, 3.63) is 78.4 Å². The monoisotopic (exact) mass is 447 g/mol. The molecule has 4 rings (SSSR count). The molecule has 0 unspecified atom stereocenters. The predicted molar refractivity (Wildman–Crippen MR) is 121 cm³/mol. The van der Waals surface area contributed by atoms with Crippen LogP contribution in [0.15, 0.2) is 67.3 Å². The second kappa shape index (κ2) is 8.78. The lowest BCUT2D eigenvalue weighted by molar-refractivity contribution is -0.135. The summed E-state index contributed by atoms with van der Waals surface area (Å²) in [5.41, 5.74) is 1.20. The van der Waals surface area contributed by atoms with Gasteiger partial charge in [0.2, 0.25) is 5.91 Å². The van der Waals surface area contributed by atoms with Gasteiger partial charge in [0, 0.05) is 18.1 Å². The van der Waals surface area contributed by atoms with Gasteiger partial charge in [-0.2, -0.15) is 0 Å². The number of hydrogen-bond acceptors (Lipinski definition) is 5. The Morgan fingerprint density at radius 2 is 1.85 bits per heavy atom. The molecule has 1 aliphatic heterocycles. The van der Waals surface area contributed by atoms with E-state index in [1.54, 1.807) is 50.8 Å². The fraction of sp³-hybridized carbons (Fsp3) is 0.250. The Labute approximate surface area is 191 Å². The Kier molecular flexibility index (Phi) is 5.87. The van der Waals surface area contributed by atoms with E-state index in [9.17, 15) is 14.4 Å². The van der Waals surface area contributed by atoms with Crippen molar-refractivity contribution in [2.24, 2.45) is 0 Å². The summed E-state index contributed by atoms with van der Waals surface area (Å²) >= 11 is 0. The van der Waals surface area contributed by atoms with Gasteiger partial charge < -0.3 is 19.9 Å². The maximum Gasteiger partial charge on any atom is 0.325 e. The van der Waals surface area contributed by atoms with Crippen LogP contribution in [-0.2, 0) is 15.1 Å². The number of benzene rings is 2. The van der Waals surface area contributed by atoms with E-state index in [2.05, 4.69) is 15.6 Å². The Balaban J connectivity index is 1.40. The van der Waals surface area contributed by atoms with Crippen molar-refractivity contribution >= 4 is 17.8 Å². The van der Waals surface area contributed by atoms with Crippen molar-refractivity contribution in [2.75, 3.05) is 13.7 Å². The zero-order valence-electron chi connectivity index (χ0n) is 18.6. The summed E-state index contributed by atoms with van der Waals surface area (Å²) in [5, 5.41) is 5.56. The lowest BCUT2D eigenvalue weighted by atomic mass is 9.92. The summed E-state index contributed by atoms with van der Waals surface area (Å²) in [6.45, 7) is 3.10. The number of imide groups is 1. The number of methoxy groups -OCH3 is 1. The second-order valence-corrected chi connectivity index (χ2v) is 8.03. The van der Waals surface area contributed by atoms with E-state index in [1.165, 1.54) is 0 Å². The van der Waals surface area contributed by atoms with E-state index >= 15 is 0 Å². The smallest absolute Gasteiger partial charge is 0.325 e. The molecule has 0 saturated carbocycles. The van der Waals surface area contributed by atoms with Gasteiger partial charge in [0.05, 0.1) is 19.5 Å². The first kappa shape index (κ1) is 22.1. The molecule has 1 saturated heterocycles. The molecular weight excluding hydrogens is 422 g/mol. The van der Waals surface area contributed by atoms with Crippen LogP contribution >= 0.6 is 0 Å². The van der Waals surface area contributed by atoms with Gasteiger partial charge in [-0.3, -0.25) is 14.5 Å². The maximum atomic E-state index is 13.1. The number of aromatic nitrogens is 2. The molecule has 3 aromatic rings. The van der Waals surface area contributed by atoms with Crippen LogP contribution in [0, 0.1) is 0 Å². The summed E-state index contributed by atoms with van der Waals surface area (Å²) in [4.78, 5) is 43.2. The number of amides is 4. The van der Waals surface area contributed by atoms with Gasteiger partial charge in [0.25, 0.3) is 5.91 Å². The van der Waals surface area contributed by atoms with E-state index in [0.29, 0.717) is 11.3 Å². The average molecular weight is 447 g/mol. The fourth-order valence-corrected chi connectivity index (χ4v) is 3.82. The third-order valence-corrected chi connectivity index (χ3v) is 5.82. The summed E-state index contributed by atoms with van der Waals surface area (Å²) in [5.74, 6) is -0.267. The number of urea groups is 1. The van der Waals surface area contributed by atoms with Crippen LogP contribution in [0.5, 0.6) is 5.75 Å². The molecule has 9 nitrogen and oxygen atoms in total. The van der Waals surface area contributed by atoms with Crippen LogP contribution < -0.4 is 15.4 Å². The van der Waals surface area contributed by atoms with E-state index in [4.69, 9.17) is 4.74 Å². The molecule has 1 aromatic heterocycles. The first-order chi connectivity index (χ1) is 15.8. The molecule has 9 heteroatoms. The number of carbonyl (C=O) groups is 3. The Morgan fingerprint density at radius 3 is 2.45 bits per heavy atom. The normalized spacial score (nSPS) is 18.7. The third-order valence-electron chi connectivity index (χ3n) is 5.82. The molecule has 2 atom stereocenters. The van der Waals surface area contributed by atoms with Crippen molar-refractivity contribution in [3.63, 3.8) is 0 Å². The Hall–Kier alpha value is -4.14. The number of carbonyl (C=O) groups excluding carboxylic acids is 3. The topological polar surface area (TPSA) is 106 Å². The van der Waals surface area contributed by atoms with Crippen LogP contribution in [0.2, 0.25) is 0 Å². The first-order valence-corrected chi connectivity index (χ1v) is 10.5. The number of hydrogen-bond donors (Lipinski definition) is 2. The fourth-order valence-electron chi connectivity index (χ4n) is 3.82. The minimum atomic E-state index is -1.25. The highest BCUT2D eigenvalue weighted by Crippen LogP contribution is 2.30.